The number of hydrogen-bond acceptors (Lipinski definition) is 0. The van der Waals surface area contributed by atoms with Gasteiger partial charge in [0.15, 0.2) is 0 Å². The van der Waals surface area contributed by atoms with E-state index in [4.69, 9.17) is 0 Å². The van der Waals surface area contributed by atoms with Crippen molar-refractivity contribution >= 4 is 45.9 Å². The molecule has 2 heteroatoms. The zero-order valence-corrected chi connectivity index (χ0v) is 13.5. The van der Waals surface area contributed by atoms with Gasteiger partial charge >= 0.3 is 0 Å². The summed E-state index contributed by atoms with van der Waals surface area (Å²) in [6.45, 7) is 0. The van der Waals surface area contributed by atoms with E-state index in [9.17, 15) is 0 Å². The van der Waals surface area contributed by atoms with Crippen LogP contribution in [0.1, 0.15) is 0 Å². The summed E-state index contributed by atoms with van der Waals surface area (Å²) in [5.41, 5.74) is 5.08. The first-order valence-electron chi connectivity index (χ1n) is 8.31. The lowest BCUT2D eigenvalue weighted by Gasteiger charge is -2.10. The van der Waals surface area contributed by atoms with Gasteiger partial charge in [0.05, 0.1) is 5.52 Å². The summed E-state index contributed by atoms with van der Waals surface area (Å²) in [6, 6.07) is 30.5. The second kappa shape index (κ2) is 5.00. The Bertz CT molecular complexity index is 1220. The molecule has 0 bridgehead atoms. The van der Waals surface area contributed by atoms with E-state index < -0.39 is 0 Å². The lowest BCUT2D eigenvalue weighted by atomic mass is 9.93. The van der Waals surface area contributed by atoms with E-state index in [-0.39, 0.29) is 0 Å². The number of fused-ring (bicyclic) bond motifs is 4. The highest BCUT2D eigenvalue weighted by Crippen LogP contribution is 2.31. The van der Waals surface area contributed by atoms with Gasteiger partial charge in [-0.3, -0.25) is 0 Å². The van der Waals surface area contributed by atoms with E-state index >= 15 is 0 Å². The minimum Gasteiger partial charge on any atom is -0.310 e. The summed E-state index contributed by atoms with van der Waals surface area (Å²) >= 11 is 0. The quantitative estimate of drug-likeness (QED) is 0.409. The minimum atomic E-state index is 1.22. The van der Waals surface area contributed by atoms with Crippen LogP contribution in [0.3, 0.4) is 0 Å². The summed E-state index contributed by atoms with van der Waals surface area (Å²) in [5, 5.41) is 5.18. The molecule has 0 saturated heterocycles. The van der Waals surface area contributed by atoms with E-state index in [1.54, 1.807) is 0 Å². The number of nitrogens with zero attached hydrogens (tertiary/aromatic N) is 1. The third kappa shape index (κ3) is 1.83. The molecule has 0 saturated carbocycles. The van der Waals surface area contributed by atoms with Gasteiger partial charge in [0, 0.05) is 22.0 Å². The van der Waals surface area contributed by atoms with Gasteiger partial charge in [-0.25, -0.2) is 0 Å². The molecular formula is C22H16BN. The average molecular weight is 305 g/mol. The van der Waals surface area contributed by atoms with Gasteiger partial charge in [0.25, 0.3) is 0 Å². The predicted octanol–water partition coefficient (Wildman–Crippen LogP) is 4.20. The van der Waals surface area contributed by atoms with Crippen molar-refractivity contribution < 1.29 is 0 Å². The molecule has 5 aromatic rings. The maximum absolute atomic E-state index is 2.40. The number of aromatic nitrogens is 1. The number of benzene rings is 4. The first kappa shape index (κ1) is 13.4. The van der Waals surface area contributed by atoms with Crippen LogP contribution in [-0.4, -0.2) is 12.4 Å². The van der Waals surface area contributed by atoms with Gasteiger partial charge < -0.3 is 4.57 Å². The van der Waals surface area contributed by atoms with Crippen LogP contribution in [0.2, 0.25) is 0 Å². The van der Waals surface area contributed by atoms with Crippen LogP contribution < -0.4 is 5.46 Å². The van der Waals surface area contributed by atoms with Crippen LogP contribution in [0.5, 0.6) is 0 Å². The monoisotopic (exact) mass is 305 g/mol. The van der Waals surface area contributed by atoms with Crippen LogP contribution in [0.15, 0.2) is 84.9 Å². The summed E-state index contributed by atoms with van der Waals surface area (Å²) < 4.78 is 2.40. The Morgan fingerprint density at radius 2 is 1.38 bits per heavy atom. The van der Waals surface area contributed by atoms with Crippen molar-refractivity contribution in [2.24, 2.45) is 0 Å². The molecule has 0 radical (unpaired) electrons. The van der Waals surface area contributed by atoms with Crippen molar-refractivity contribution in [2.75, 3.05) is 0 Å². The molecule has 0 amide bonds. The molecule has 0 fully saturated rings. The fourth-order valence-electron chi connectivity index (χ4n) is 3.77. The second-order valence-corrected chi connectivity index (χ2v) is 6.36. The second-order valence-electron chi connectivity index (χ2n) is 6.36. The fraction of sp³-hybridized carbons (Fsp3) is 0. The Hall–Kier alpha value is -3.00. The highest BCUT2D eigenvalue weighted by molar-refractivity contribution is 6.40. The number of rotatable bonds is 1. The Morgan fingerprint density at radius 1 is 0.625 bits per heavy atom. The van der Waals surface area contributed by atoms with E-state index in [0.717, 1.165) is 0 Å². The van der Waals surface area contributed by atoms with Crippen LogP contribution in [-0.2, 0) is 0 Å². The third-order valence-electron chi connectivity index (χ3n) is 4.89. The maximum Gasteiger partial charge on any atom is 0.142 e. The van der Waals surface area contributed by atoms with Crippen molar-refractivity contribution in [3.8, 4) is 5.69 Å². The van der Waals surface area contributed by atoms with E-state index in [0.29, 0.717) is 0 Å². The molecule has 0 aliphatic carbocycles. The summed E-state index contributed by atoms with van der Waals surface area (Å²) in [4.78, 5) is 0. The molecule has 0 aliphatic rings. The van der Waals surface area contributed by atoms with E-state index in [2.05, 4.69) is 97.3 Å². The number of para-hydroxylation sites is 2. The molecule has 0 spiro atoms. The van der Waals surface area contributed by atoms with Crippen LogP contribution in [0, 0.1) is 0 Å². The molecule has 24 heavy (non-hydrogen) atoms. The Balaban J connectivity index is 1.96. The van der Waals surface area contributed by atoms with Gasteiger partial charge in [-0.1, -0.05) is 72.2 Å². The topological polar surface area (TPSA) is 4.93 Å². The lowest BCUT2D eigenvalue weighted by Crippen LogP contribution is -2.07. The zero-order chi connectivity index (χ0) is 16.1. The van der Waals surface area contributed by atoms with Crippen LogP contribution >= 0.6 is 0 Å². The van der Waals surface area contributed by atoms with Crippen LogP contribution in [0.25, 0.3) is 38.3 Å². The molecule has 112 valence electrons. The summed E-state index contributed by atoms with van der Waals surface area (Å²) in [5.74, 6) is 0. The van der Waals surface area contributed by atoms with E-state index in [1.807, 2.05) is 0 Å². The smallest absolute Gasteiger partial charge is 0.142 e. The molecule has 1 nitrogen and oxygen atoms in total. The van der Waals surface area contributed by atoms with E-state index in [1.165, 1.54) is 43.7 Å². The van der Waals surface area contributed by atoms with Crippen LogP contribution in [0.4, 0.5) is 0 Å². The average Bonchev–Trinajstić information content (AvgIpc) is 2.97. The molecule has 0 aliphatic heterocycles. The summed E-state index contributed by atoms with van der Waals surface area (Å²) in [7, 11) is 2.19. The molecule has 0 N–H and O–H groups in total. The van der Waals surface area contributed by atoms with Gasteiger partial charge in [0.2, 0.25) is 0 Å². The van der Waals surface area contributed by atoms with Gasteiger partial charge in [-0.15, -0.1) is 0 Å². The number of hydrogen-bond donors (Lipinski definition) is 0. The largest absolute Gasteiger partial charge is 0.310 e. The lowest BCUT2D eigenvalue weighted by molar-refractivity contribution is 1.19. The predicted molar refractivity (Wildman–Crippen MR) is 106 cm³/mol. The molecule has 5 rings (SSSR count). The standard InChI is InChI=1S/C22H16BN/c23-20-10-5-9-19-18-8-3-4-11-21(18)24(22(19)20)17-13-12-15-6-1-2-7-16(15)14-17/h1-14H,23H2. The molecule has 0 unspecified atom stereocenters. The first-order valence-corrected chi connectivity index (χ1v) is 8.31. The van der Waals surface area contributed by atoms with Crippen molar-refractivity contribution in [3.05, 3.63) is 84.9 Å². The molecular weight excluding hydrogens is 289 g/mol. The Kier molecular flexibility index (Phi) is 2.80. The van der Waals surface area contributed by atoms with Crippen molar-refractivity contribution in [1.82, 2.24) is 4.57 Å². The molecule has 1 heterocycles. The highest BCUT2D eigenvalue weighted by atomic mass is 15.0. The first-order chi connectivity index (χ1) is 11.8. The van der Waals surface area contributed by atoms with Gasteiger partial charge in [0.1, 0.15) is 7.85 Å². The van der Waals surface area contributed by atoms with Gasteiger partial charge in [-0.05, 0) is 29.0 Å². The Morgan fingerprint density at radius 3 is 2.29 bits per heavy atom. The zero-order valence-electron chi connectivity index (χ0n) is 13.5. The van der Waals surface area contributed by atoms with Crippen molar-refractivity contribution in [2.45, 2.75) is 0 Å². The molecule has 4 aromatic carbocycles. The SMILES string of the molecule is Bc1cccc2c3ccccc3n(-c3ccc4ccccc4c3)c12. The Labute approximate surface area is 141 Å². The van der Waals surface area contributed by atoms with Gasteiger partial charge in [-0.2, -0.15) is 0 Å². The third-order valence-corrected chi connectivity index (χ3v) is 4.89. The minimum absolute atomic E-state index is 1.22. The highest BCUT2D eigenvalue weighted by Gasteiger charge is 2.13. The molecule has 0 atom stereocenters. The normalized spacial score (nSPS) is 11.5. The molecule has 1 aromatic heterocycles. The fourth-order valence-corrected chi connectivity index (χ4v) is 3.77. The van der Waals surface area contributed by atoms with Crippen molar-refractivity contribution in [3.63, 3.8) is 0 Å². The maximum atomic E-state index is 2.40. The van der Waals surface area contributed by atoms with Crippen molar-refractivity contribution in [1.29, 1.82) is 0 Å². The summed E-state index contributed by atoms with van der Waals surface area (Å²) in [6.07, 6.45) is 0.